The van der Waals surface area contributed by atoms with Crippen LogP contribution in [0.1, 0.15) is 29.0 Å². The van der Waals surface area contributed by atoms with Crippen LogP contribution in [0, 0.1) is 0 Å². The summed E-state index contributed by atoms with van der Waals surface area (Å²) in [5.41, 5.74) is 1.07. The molecule has 0 radical (unpaired) electrons. The Balaban J connectivity index is 1.64. The maximum absolute atomic E-state index is 12.9. The molecule has 26 heavy (non-hydrogen) atoms. The molecule has 9 heteroatoms. The van der Waals surface area contributed by atoms with Crippen LogP contribution < -0.4 is 11.0 Å². The third-order valence-corrected chi connectivity index (χ3v) is 5.27. The molecule has 1 amide bonds. The van der Waals surface area contributed by atoms with E-state index in [2.05, 4.69) is 9.97 Å². The van der Waals surface area contributed by atoms with Crippen LogP contribution in [0.25, 0.3) is 10.2 Å². The van der Waals surface area contributed by atoms with Crippen molar-refractivity contribution in [3.8, 4) is 0 Å². The maximum Gasteiger partial charge on any atom is 0.488 e. The summed E-state index contributed by atoms with van der Waals surface area (Å²) in [6.07, 6.45) is 1.80. The minimum absolute atomic E-state index is 0.105. The summed E-state index contributed by atoms with van der Waals surface area (Å²) in [7, 11) is -1.63. The molecule has 2 heterocycles. The number of amides is 1. The van der Waals surface area contributed by atoms with Crippen molar-refractivity contribution in [2.75, 3.05) is 0 Å². The summed E-state index contributed by atoms with van der Waals surface area (Å²) in [6, 6.07) is 8.17. The molecule has 0 unspecified atom stereocenters. The van der Waals surface area contributed by atoms with Gasteiger partial charge in [0, 0.05) is 11.6 Å². The van der Waals surface area contributed by atoms with E-state index in [4.69, 9.17) is 0 Å². The van der Waals surface area contributed by atoms with Crippen LogP contribution in [0.15, 0.2) is 40.5 Å². The van der Waals surface area contributed by atoms with Crippen LogP contribution in [0.4, 0.5) is 0 Å². The highest BCUT2D eigenvalue weighted by molar-refractivity contribution is 7.17. The molecule has 1 fully saturated rings. The van der Waals surface area contributed by atoms with Crippen LogP contribution in [-0.4, -0.2) is 44.0 Å². The number of aromatic nitrogens is 2. The average Bonchev–Trinajstić information content (AvgIpc) is 3.36. The Morgan fingerprint density at radius 1 is 1.35 bits per heavy atom. The van der Waals surface area contributed by atoms with Crippen LogP contribution in [-0.2, 0) is 6.54 Å². The van der Waals surface area contributed by atoms with Gasteiger partial charge in [-0.25, -0.2) is 4.98 Å². The van der Waals surface area contributed by atoms with Crippen molar-refractivity contribution < 1.29 is 14.8 Å². The lowest BCUT2D eigenvalue weighted by molar-refractivity contribution is 0.0725. The molecular formula is C17H16BN3O4S. The Bertz CT molecular complexity index is 1030. The van der Waals surface area contributed by atoms with E-state index in [1.807, 2.05) is 5.38 Å². The maximum atomic E-state index is 12.9. The molecule has 1 aliphatic rings. The molecule has 0 atom stereocenters. The number of hydrogen-bond donors (Lipinski definition) is 3. The number of carbonyl (C=O) groups is 1. The van der Waals surface area contributed by atoms with Gasteiger partial charge in [0.05, 0.1) is 12.1 Å². The highest BCUT2D eigenvalue weighted by atomic mass is 32.1. The summed E-state index contributed by atoms with van der Waals surface area (Å²) in [6.45, 7) is 0.205. The molecule has 0 spiro atoms. The standard InChI is InChI=1S/C17H16BN3O4S/c22-16-15-13(6-7-26-15)19-14(20-16)9-21(12-4-5-12)17(23)10-2-1-3-11(8-10)18(24)25/h1-3,6-8,12,24-25H,4-5,9H2,(H,19,20,22). The summed E-state index contributed by atoms with van der Waals surface area (Å²) >= 11 is 1.33. The molecule has 0 aliphatic heterocycles. The van der Waals surface area contributed by atoms with Crippen molar-refractivity contribution in [1.82, 2.24) is 14.9 Å². The van der Waals surface area contributed by atoms with Gasteiger partial charge in [0.15, 0.2) is 0 Å². The Kier molecular flexibility index (Phi) is 4.35. The smallest absolute Gasteiger partial charge is 0.423 e. The third-order valence-electron chi connectivity index (χ3n) is 4.36. The lowest BCUT2D eigenvalue weighted by Gasteiger charge is -2.22. The summed E-state index contributed by atoms with van der Waals surface area (Å²) < 4.78 is 0.572. The van der Waals surface area contributed by atoms with Gasteiger partial charge in [-0.2, -0.15) is 0 Å². The number of thiophene rings is 1. The van der Waals surface area contributed by atoms with E-state index in [-0.39, 0.29) is 29.5 Å². The average molecular weight is 369 g/mol. The Labute approximate surface area is 153 Å². The van der Waals surface area contributed by atoms with Crippen LogP contribution in [0.2, 0.25) is 0 Å². The number of aromatic amines is 1. The normalized spacial score (nSPS) is 13.8. The summed E-state index contributed by atoms with van der Waals surface area (Å²) in [5.74, 6) is 0.225. The van der Waals surface area contributed by atoms with Gasteiger partial charge in [0.25, 0.3) is 11.5 Å². The van der Waals surface area contributed by atoms with Crippen molar-refractivity contribution in [1.29, 1.82) is 0 Å². The molecule has 3 aromatic rings. The molecule has 0 bridgehead atoms. The highest BCUT2D eigenvalue weighted by Gasteiger charge is 2.34. The molecule has 4 rings (SSSR count). The quantitative estimate of drug-likeness (QED) is 0.567. The zero-order valence-corrected chi connectivity index (χ0v) is 14.6. The minimum Gasteiger partial charge on any atom is -0.423 e. The van der Waals surface area contributed by atoms with E-state index in [1.54, 1.807) is 29.2 Å². The first-order chi connectivity index (χ1) is 12.5. The molecule has 1 aromatic carbocycles. The van der Waals surface area contributed by atoms with E-state index < -0.39 is 7.12 Å². The Hall–Kier alpha value is -2.49. The van der Waals surface area contributed by atoms with Crippen LogP contribution in [0.5, 0.6) is 0 Å². The molecule has 132 valence electrons. The fourth-order valence-electron chi connectivity index (χ4n) is 2.91. The van der Waals surface area contributed by atoms with Crippen molar-refractivity contribution in [3.05, 3.63) is 57.5 Å². The van der Waals surface area contributed by atoms with E-state index in [0.29, 0.717) is 21.6 Å². The zero-order valence-electron chi connectivity index (χ0n) is 13.8. The first-order valence-electron chi connectivity index (χ1n) is 8.26. The second kappa shape index (κ2) is 6.67. The molecule has 1 aliphatic carbocycles. The van der Waals surface area contributed by atoms with Gasteiger partial charge in [-0.1, -0.05) is 12.1 Å². The van der Waals surface area contributed by atoms with Gasteiger partial charge >= 0.3 is 7.12 Å². The van der Waals surface area contributed by atoms with Gasteiger partial charge in [-0.05, 0) is 41.9 Å². The van der Waals surface area contributed by atoms with Crippen molar-refractivity contribution in [2.45, 2.75) is 25.4 Å². The number of fused-ring (bicyclic) bond motifs is 1. The topological polar surface area (TPSA) is 107 Å². The monoisotopic (exact) mass is 369 g/mol. The SMILES string of the molecule is O=C(c1cccc(B(O)O)c1)N(Cc1nc2ccsc2c(=O)[nH]1)C1CC1. The lowest BCUT2D eigenvalue weighted by atomic mass is 9.79. The summed E-state index contributed by atoms with van der Waals surface area (Å²) in [5, 5.41) is 20.4. The van der Waals surface area contributed by atoms with Gasteiger partial charge in [-0.15, -0.1) is 11.3 Å². The van der Waals surface area contributed by atoms with Crippen LogP contribution >= 0.6 is 11.3 Å². The first kappa shape index (κ1) is 17.0. The predicted octanol–water partition coefficient (Wildman–Crippen LogP) is 0.469. The summed E-state index contributed by atoms with van der Waals surface area (Å²) in [4.78, 5) is 34.0. The van der Waals surface area contributed by atoms with E-state index in [0.717, 1.165) is 12.8 Å². The van der Waals surface area contributed by atoms with E-state index in [1.165, 1.54) is 17.4 Å². The second-order valence-corrected chi connectivity index (χ2v) is 7.23. The zero-order chi connectivity index (χ0) is 18.3. The van der Waals surface area contributed by atoms with Crippen molar-refractivity contribution in [3.63, 3.8) is 0 Å². The number of H-pyrrole nitrogens is 1. The Morgan fingerprint density at radius 3 is 2.88 bits per heavy atom. The molecule has 2 aromatic heterocycles. The molecule has 0 saturated heterocycles. The highest BCUT2D eigenvalue weighted by Crippen LogP contribution is 2.29. The van der Waals surface area contributed by atoms with Gasteiger partial charge in [0.2, 0.25) is 0 Å². The van der Waals surface area contributed by atoms with Crippen molar-refractivity contribution >= 4 is 40.0 Å². The van der Waals surface area contributed by atoms with E-state index >= 15 is 0 Å². The number of carbonyl (C=O) groups excluding carboxylic acids is 1. The molecule has 7 nitrogen and oxygen atoms in total. The fraction of sp³-hybridized carbons (Fsp3) is 0.235. The predicted molar refractivity (Wildman–Crippen MR) is 99.4 cm³/mol. The fourth-order valence-corrected chi connectivity index (χ4v) is 3.63. The second-order valence-electron chi connectivity index (χ2n) is 6.31. The van der Waals surface area contributed by atoms with Gasteiger partial charge < -0.3 is 19.9 Å². The van der Waals surface area contributed by atoms with Gasteiger partial charge in [-0.3, -0.25) is 9.59 Å². The number of nitrogens with one attached hydrogen (secondary N) is 1. The first-order valence-corrected chi connectivity index (χ1v) is 9.14. The van der Waals surface area contributed by atoms with E-state index in [9.17, 15) is 19.6 Å². The number of rotatable bonds is 5. The molecular weight excluding hydrogens is 353 g/mol. The lowest BCUT2D eigenvalue weighted by Crippen LogP contribution is -2.36. The largest absolute Gasteiger partial charge is 0.488 e. The Morgan fingerprint density at radius 2 is 2.15 bits per heavy atom. The molecule has 1 saturated carbocycles. The number of nitrogens with zero attached hydrogens (tertiary/aromatic N) is 2. The minimum atomic E-state index is -1.63. The van der Waals surface area contributed by atoms with Crippen LogP contribution in [0.3, 0.4) is 0 Å². The number of benzene rings is 1. The number of hydrogen-bond acceptors (Lipinski definition) is 6. The van der Waals surface area contributed by atoms with Crippen molar-refractivity contribution in [2.24, 2.45) is 0 Å². The van der Waals surface area contributed by atoms with Gasteiger partial charge in [0.1, 0.15) is 10.5 Å². The third kappa shape index (κ3) is 3.28. The molecule has 3 N–H and O–H groups in total.